The number of nitriles is 1. The van der Waals surface area contributed by atoms with Crippen molar-refractivity contribution in [3.8, 4) is 11.8 Å². The third-order valence-electron chi connectivity index (χ3n) is 4.16. The molecule has 0 atom stereocenters. The molecule has 1 heterocycles. The van der Waals surface area contributed by atoms with E-state index in [2.05, 4.69) is 12.2 Å². The van der Waals surface area contributed by atoms with E-state index in [9.17, 15) is 14.9 Å². The molecule has 142 valence electrons. The van der Waals surface area contributed by atoms with Gasteiger partial charge in [-0.05, 0) is 44.5 Å². The van der Waals surface area contributed by atoms with Gasteiger partial charge in [-0.1, -0.05) is 26.2 Å². The minimum absolute atomic E-state index is 0.0125. The second-order valence-electron chi connectivity index (χ2n) is 6.29. The third-order valence-corrected chi connectivity index (χ3v) is 4.16. The van der Waals surface area contributed by atoms with E-state index in [-0.39, 0.29) is 22.8 Å². The van der Waals surface area contributed by atoms with Crippen LogP contribution < -0.4 is 10.1 Å². The molecule has 0 fully saturated rings. The lowest BCUT2D eigenvalue weighted by molar-refractivity contribution is 0.101. The monoisotopic (exact) mass is 368 g/mol. The molecule has 0 aliphatic rings. The summed E-state index contributed by atoms with van der Waals surface area (Å²) in [5, 5.41) is 11.8. The summed E-state index contributed by atoms with van der Waals surface area (Å²) in [6.45, 7) is 5.75. The van der Waals surface area contributed by atoms with Gasteiger partial charge in [0, 0.05) is 5.56 Å². The van der Waals surface area contributed by atoms with Gasteiger partial charge >= 0.3 is 0 Å². The molecule has 0 saturated carbocycles. The van der Waals surface area contributed by atoms with Crippen molar-refractivity contribution >= 4 is 17.6 Å². The van der Waals surface area contributed by atoms with Crippen LogP contribution in [0.25, 0.3) is 0 Å². The Balaban J connectivity index is 2.02. The zero-order valence-corrected chi connectivity index (χ0v) is 15.9. The van der Waals surface area contributed by atoms with E-state index in [1.165, 1.54) is 19.8 Å². The fourth-order valence-corrected chi connectivity index (χ4v) is 2.76. The quantitative estimate of drug-likeness (QED) is 0.503. The molecule has 6 nitrogen and oxygen atoms in total. The molecule has 1 amide bonds. The van der Waals surface area contributed by atoms with Gasteiger partial charge in [-0.15, -0.1) is 0 Å². The van der Waals surface area contributed by atoms with Gasteiger partial charge in [0.1, 0.15) is 23.1 Å². The van der Waals surface area contributed by atoms with Gasteiger partial charge in [0.05, 0.1) is 12.2 Å². The molecule has 0 unspecified atom stereocenters. The summed E-state index contributed by atoms with van der Waals surface area (Å²) < 4.78 is 11.1. The molecule has 0 spiro atoms. The minimum Gasteiger partial charge on any atom is -0.494 e. The molecule has 1 N–H and O–H groups in total. The zero-order valence-electron chi connectivity index (χ0n) is 15.9. The maximum absolute atomic E-state index is 12.4. The maximum atomic E-state index is 12.4. The average Bonchev–Trinajstić information content (AvgIpc) is 2.97. The van der Waals surface area contributed by atoms with Gasteiger partial charge in [0.2, 0.25) is 5.88 Å². The van der Waals surface area contributed by atoms with Crippen LogP contribution in [0.3, 0.4) is 0 Å². The van der Waals surface area contributed by atoms with E-state index >= 15 is 0 Å². The predicted octanol–water partition coefficient (Wildman–Crippen LogP) is 4.87. The highest BCUT2D eigenvalue weighted by molar-refractivity contribution is 6.06. The number of nitrogens with one attached hydrogen (secondary N) is 1. The van der Waals surface area contributed by atoms with E-state index in [0.717, 1.165) is 12.8 Å². The van der Waals surface area contributed by atoms with Crippen LogP contribution in [0.4, 0.5) is 5.88 Å². The standard InChI is InChI=1S/C21H24N2O4/c1-4-5-6-7-12-26-17-10-8-16(9-11-17)20(25)23-21-18(13-22)19(14(2)24)15(3)27-21/h8-11H,4-7,12H2,1-3H3,(H,23,25). The van der Waals surface area contributed by atoms with Crippen LogP contribution in [-0.4, -0.2) is 18.3 Å². The number of nitrogens with zero attached hydrogens (tertiary/aromatic N) is 1. The summed E-state index contributed by atoms with van der Waals surface area (Å²) in [6.07, 6.45) is 4.53. The Kier molecular flexibility index (Phi) is 7.18. The van der Waals surface area contributed by atoms with Crippen LogP contribution in [0.1, 0.15) is 71.6 Å². The van der Waals surface area contributed by atoms with E-state index in [1.54, 1.807) is 31.2 Å². The predicted molar refractivity (Wildman–Crippen MR) is 102 cm³/mol. The minimum atomic E-state index is -0.426. The number of carbonyl (C=O) groups is 2. The van der Waals surface area contributed by atoms with Crippen molar-refractivity contribution in [2.45, 2.75) is 46.5 Å². The van der Waals surface area contributed by atoms with Crippen LogP contribution in [-0.2, 0) is 0 Å². The van der Waals surface area contributed by atoms with Gasteiger partial charge in [-0.2, -0.15) is 5.26 Å². The molecule has 2 aromatic rings. The van der Waals surface area contributed by atoms with Crippen molar-refractivity contribution in [1.82, 2.24) is 0 Å². The number of furan rings is 1. The van der Waals surface area contributed by atoms with Gasteiger partial charge in [-0.25, -0.2) is 0 Å². The van der Waals surface area contributed by atoms with Gasteiger partial charge in [-0.3, -0.25) is 14.9 Å². The van der Waals surface area contributed by atoms with Crippen LogP contribution in [0, 0.1) is 18.3 Å². The summed E-state index contributed by atoms with van der Waals surface area (Å²) in [4.78, 5) is 24.1. The number of ether oxygens (including phenoxy) is 1. The first kappa shape index (κ1) is 20.2. The lowest BCUT2D eigenvalue weighted by atomic mass is 10.1. The molecule has 1 aromatic carbocycles. The van der Waals surface area contributed by atoms with E-state index in [4.69, 9.17) is 9.15 Å². The molecular formula is C21H24N2O4. The molecule has 0 aliphatic heterocycles. The lowest BCUT2D eigenvalue weighted by Gasteiger charge is -2.07. The summed E-state index contributed by atoms with van der Waals surface area (Å²) in [5.41, 5.74) is 0.635. The first-order chi connectivity index (χ1) is 13.0. The number of hydrogen-bond donors (Lipinski definition) is 1. The lowest BCUT2D eigenvalue weighted by Crippen LogP contribution is -2.12. The van der Waals surface area contributed by atoms with Gasteiger partial charge in [0.25, 0.3) is 5.91 Å². The van der Waals surface area contributed by atoms with Crippen molar-refractivity contribution in [2.75, 3.05) is 11.9 Å². The van der Waals surface area contributed by atoms with Crippen molar-refractivity contribution in [2.24, 2.45) is 0 Å². The van der Waals surface area contributed by atoms with Crippen LogP contribution in [0.5, 0.6) is 5.75 Å². The molecule has 6 heteroatoms. The van der Waals surface area contributed by atoms with E-state index < -0.39 is 5.91 Å². The highest BCUT2D eigenvalue weighted by Crippen LogP contribution is 2.27. The Hall–Kier alpha value is -3.07. The summed E-state index contributed by atoms with van der Waals surface area (Å²) in [5.74, 6) is 0.287. The SMILES string of the molecule is CCCCCCOc1ccc(C(=O)Nc2oc(C)c(C(C)=O)c2C#N)cc1. The Morgan fingerprint density at radius 3 is 2.48 bits per heavy atom. The van der Waals surface area contributed by atoms with Crippen LogP contribution in [0.2, 0.25) is 0 Å². The van der Waals surface area contributed by atoms with Crippen LogP contribution in [0.15, 0.2) is 28.7 Å². The van der Waals surface area contributed by atoms with Gasteiger partial charge < -0.3 is 9.15 Å². The number of Topliss-reactive ketones (excluding diaryl/α,β-unsaturated/α-hetero) is 1. The number of benzene rings is 1. The molecule has 0 aliphatic carbocycles. The Morgan fingerprint density at radius 2 is 1.89 bits per heavy atom. The van der Waals surface area contributed by atoms with Gasteiger partial charge in [0.15, 0.2) is 5.78 Å². The second-order valence-corrected chi connectivity index (χ2v) is 6.29. The zero-order chi connectivity index (χ0) is 19.8. The van der Waals surface area contributed by atoms with Crippen molar-refractivity contribution in [3.05, 3.63) is 46.7 Å². The number of aryl methyl sites for hydroxylation is 1. The maximum Gasteiger partial charge on any atom is 0.258 e. The normalized spacial score (nSPS) is 10.3. The van der Waals surface area contributed by atoms with Crippen LogP contribution >= 0.6 is 0 Å². The summed E-state index contributed by atoms with van der Waals surface area (Å²) >= 11 is 0. The average molecular weight is 368 g/mol. The fourth-order valence-electron chi connectivity index (χ4n) is 2.76. The van der Waals surface area contributed by atoms with E-state index in [0.29, 0.717) is 23.7 Å². The van der Waals surface area contributed by atoms with Crippen molar-refractivity contribution in [1.29, 1.82) is 5.26 Å². The third kappa shape index (κ3) is 5.20. The number of anilines is 1. The number of carbonyl (C=O) groups excluding carboxylic acids is 2. The Morgan fingerprint density at radius 1 is 1.19 bits per heavy atom. The summed E-state index contributed by atoms with van der Waals surface area (Å²) in [6, 6.07) is 8.67. The van der Waals surface area contributed by atoms with E-state index in [1.807, 2.05) is 6.07 Å². The Labute approximate surface area is 159 Å². The fraction of sp³-hybridized carbons (Fsp3) is 0.381. The summed E-state index contributed by atoms with van der Waals surface area (Å²) in [7, 11) is 0. The second kappa shape index (κ2) is 9.58. The highest BCUT2D eigenvalue weighted by atomic mass is 16.5. The molecular weight excluding hydrogens is 344 g/mol. The number of rotatable bonds is 9. The van der Waals surface area contributed by atoms with Crippen molar-refractivity contribution < 1.29 is 18.7 Å². The Bertz CT molecular complexity index is 844. The topological polar surface area (TPSA) is 92.3 Å². The molecule has 27 heavy (non-hydrogen) atoms. The number of amides is 1. The first-order valence-electron chi connectivity index (χ1n) is 9.06. The smallest absolute Gasteiger partial charge is 0.258 e. The first-order valence-corrected chi connectivity index (χ1v) is 9.06. The largest absolute Gasteiger partial charge is 0.494 e. The van der Waals surface area contributed by atoms with Crippen molar-refractivity contribution in [3.63, 3.8) is 0 Å². The highest BCUT2D eigenvalue weighted by Gasteiger charge is 2.22. The molecule has 2 rings (SSSR count). The molecule has 0 bridgehead atoms. The molecule has 0 saturated heterocycles. The molecule has 0 radical (unpaired) electrons. The number of hydrogen-bond acceptors (Lipinski definition) is 5. The molecule has 1 aromatic heterocycles. The number of ketones is 1. The number of unbranched alkanes of at least 4 members (excludes halogenated alkanes) is 3.